The first-order chi connectivity index (χ1) is 12.6. The van der Waals surface area contributed by atoms with E-state index in [1.807, 2.05) is 6.07 Å². The Balaban J connectivity index is 2.01. The molecular formula is C21H28N2O3. The number of nitrogens with zero attached hydrogens (tertiary/aromatic N) is 2. The second-order valence-corrected chi connectivity index (χ2v) is 6.85. The average molecular weight is 356 g/mol. The molecule has 140 valence electrons. The summed E-state index contributed by atoms with van der Waals surface area (Å²) in [5, 5.41) is 0. The number of hydrogen-bond donors (Lipinski definition) is 0. The molecule has 0 spiro atoms. The molecule has 1 aliphatic rings. The zero-order valence-corrected chi connectivity index (χ0v) is 16.3. The highest BCUT2D eigenvalue weighted by atomic mass is 16.5. The van der Waals surface area contributed by atoms with Crippen LogP contribution in [0.15, 0.2) is 36.4 Å². The molecule has 5 nitrogen and oxygen atoms in total. The highest BCUT2D eigenvalue weighted by Crippen LogP contribution is 2.41. The van der Waals surface area contributed by atoms with Crippen LogP contribution in [0.5, 0.6) is 17.2 Å². The summed E-state index contributed by atoms with van der Waals surface area (Å²) in [5.41, 5.74) is 3.59. The number of rotatable bonds is 5. The number of anilines is 2. The van der Waals surface area contributed by atoms with Crippen molar-refractivity contribution >= 4 is 11.4 Å². The second kappa shape index (κ2) is 7.77. The van der Waals surface area contributed by atoms with Crippen LogP contribution in [0.3, 0.4) is 0 Å². The summed E-state index contributed by atoms with van der Waals surface area (Å²) in [6, 6.07) is 12.6. The van der Waals surface area contributed by atoms with Gasteiger partial charge in [-0.15, -0.1) is 0 Å². The van der Waals surface area contributed by atoms with Crippen LogP contribution >= 0.6 is 0 Å². The van der Waals surface area contributed by atoms with E-state index in [1.165, 1.54) is 11.4 Å². The van der Waals surface area contributed by atoms with Crippen molar-refractivity contribution in [3.63, 3.8) is 0 Å². The average Bonchev–Trinajstić information content (AvgIpc) is 2.77. The molecule has 0 fully saturated rings. The zero-order chi connectivity index (χ0) is 18.7. The lowest BCUT2D eigenvalue weighted by Crippen LogP contribution is -2.29. The van der Waals surface area contributed by atoms with E-state index in [0.717, 1.165) is 30.9 Å². The van der Waals surface area contributed by atoms with E-state index in [2.05, 4.69) is 54.1 Å². The van der Waals surface area contributed by atoms with Gasteiger partial charge in [0, 0.05) is 32.2 Å². The fraction of sp³-hybridized carbons (Fsp3) is 0.429. The molecule has 0 aromatic heterocycles. The molecule has 0 unspecified atom stereocenters. The Morgan fingerprint density at radius 3 is 2.23 bits per heavy atom. The van der Waals surface area contributed by atoms with Gasteiger partial charge in [0.1, 0.15) is 0 Å². The van der Waals surface area contributed by atoms with Crippen molar-refractivity contribution in [2.45, 2.75) is 13.5 Å². The van der Waals surface area contributed by atoms with Crippen molar-refractivity contribution in [2.24, 2.45) is 5.92 Å². The van der Waals surface area contributed by atoms with Crippen molar-refractivity contribution < 1.29 is 14.2 Å². The number of para-hydroxylation sites is 2. The van der Waals surface area contributed by atoms with Gasteiger partial charge >= 0.3 is 0 Å². The Morgan fingerprint density at radius 2 is 1.58 bits per heavy atom. The summed E-state index contributed by atoms with van der Waals surface area (Å²) in [4.78, 5) is 4.76. The molecule has 1 aliphatic heterocycles. The Labute approximate surface area is 156 Å². The van der Waals surface area contributed by atoms with Crippen LogP contribution in [0.1, 0.15) is 12.5 Å². The molecule has 5 heteroatoms. The third kappa shape index (κ3) is 3.39. The Morgan fingerprint density at radius 1 is 0.885 bits per heavy atom. The molecule has 0 radical (unpaired) electrons. The van der Waals surface area contributed by atoms with Gasteiger partial charge in [-0.2, -0.15) is 0 Å². The lowest BCUT2D eigenvalue weighted by atomic mass is 10.1. The van der Waals surface area contributed by atoms with E-state index in [0.29, 0.717) is 17.4 Å². The van der Waals surface area contributed by atoms with Crippen LogP contribution in [0, 0.1) is 5.92 Å². The predicted octanol–water partition coefficient (Wildman–Crippen LogP) is 3.80. The maximum Gasteiger partial charge on any atom is 0.203 e. The number of benzene rings is 2. The normalized spacial score (nSPS) is 16.7. The van der Waals surface area contributed by atoms with Crippen LogP contribution < -0.4 is 24.0 Å². The van der Waals surface area contributed by atoms with Crippen molar-refractivity contribution in [3.8, 4) is 17.2 Å². The molecule has 0 aliphatic carbocycles. The van der Waals surface area contributed by atoms with Gasteiger partial charge < -0.3 is 24.0 Å². The monoisotopic (exact) mass is 356 g/mol. The standard InChI is InChI=1S/C21H28N2O3/c1-15-12-22(2)17-8-6-7-9-18(17)23(13-15)14-16-10-11-19(24-3)21(26-5)20(16)25-4/h6-11,15H,12-14H2,1-5H3/t15-/m0/s1. The third-order valence-corrected chi connectivity index (χ3v) is 4.90. The predicted molar refractivity (Wildman–Crippen MR) is 106 cm³/mol. The maximum atomic E-state index is 5.68. The van der Waals surface area contributed by atoms with Crippen LogP contribution in [0.25, 0.3) is 0 Å². The molecule has 0 saturated carbocycles. The molecule has 0 saturated heterocycles. The second-order valence-electron chi connectivity index (χ2n) is 6.85. The van der Waals surface area contributed by atoms with Crippen LogP contribution in [-0.4, -0.2) is 41.5 Å². The molecule has 2 aromatic rings. The van der Waals surface area contributed by atoms with E-state index in [1.54, 1.807) is 21.3 Å². The number of fused-ring (bicyclic) bond motifs is 1. The first kappa shape index (κ1) is 18.2. The topological polar surface area (TPSA) is 34.2 Å². The highest BCUT2D eigenvalue weighted by molar-refractivity contribution is 5.72. The van der Waals surface area contributed by atoms with Crippen molar-refractivity contribution in [2.75, 3.05) is 51.3 Å². The first-order valence-electron chi connectivity index (χ1n) is 8.92. The summed E-state index contributed by atoms with van der Waals surface area (Å²) >= 11 is 0. The Hall–Kier alpha value is -2.56. The first-order valence-corrected chi connectivity index (χ1v) is 8.92. The number of hydrogen-bond acceptors (Lipinski definition) is 5. The minimum Gasteiger partial charge on any atom is -0.493 e. The summed E-state index contributed by atoms with van der Waals surface area (Å²) in [6.07, 6.45) is 0. The largest absolute Gasteiger partial charge is 0.493 e. The van der Waals surface area contributed by atoms with Crippen LogP contribution in [-0.2, 0) is 6.54 Å². The fourth-order valence-corrected chi connectivity index (χ4v) is 3.80. The molecule has 3 rings (SSSR count). The summed E-state index contributed by atoms with van der Waals surface area (Å²) < 4.78 is 16.6. The van der Waals surface area contributed by atoms with Gasteiger partial charge in [-0.25, -0.2) is 0 Å². The van der Waals surface area contributed by atoms with Gasteiger partial charge in [-0.3, -0.25) is 0 Å². The lowest BCUT2D eigenvalue weighted by molar-refractivity contribution is 0.322. The Bertz CT molecular complexity index is 763. The van der Waals surface area contributed by atoms with Gasteiger partial charge in [-0.05, 0) is 30.2 Å². The lowest BCUT2D eigenvalue weighted by Gasteiger charge is -2.27. The third-order valence-electron chi connectivity index (χ3n) is 4.90. The van der Waals surface area contributed by atoms with Gasteiger partial charge in [0.05, 0.1) is 32.7 Å². The van der Waals surface area contributed by atoms with Gasteiger partial charge in [0.15, 0.2) is 11.5 Å². The fourth-order valence-electron chi connectivity index (χ4n) is 3.80. The number of methoxy groups -OCH3 is 3. The zero-order valence-electron chi connectivity index (χ0n) is 16.3. The molecule has 1 atom stereocenters. The van der Waals surface area contributed by atoms with E-state index in [-0.39, 0.29) is 0 Å². The Kier molecular flexibility index (Phi) is 5.45. The van der Waals surface area contributed by atoms with Crippen molar-refractivity contribution in [1.29, 1.82) is 0 Å². The SMILES string of the molecule is COc1ccc(CN2C[C@@H](C)CN(C)c3ccccc32)c(OC)c1OC. The van der Waals surface area contributed by atoms with E-state index in [9.17, 15) is 0 Å². The molecule has 26 heavy (non-hydrogen) atoms. The molecule has 0 amide bonds. The summed E-state index contributed by atoms with van der Waals surface area (Å²) in [7, 11) is 7.12. The number of ether oxygens (including phenoxy) is 3. The van der Waals surface area contributed by atoms with Crippen molar-refractivity contribution in [1.82, 2.24) is 0 Å². The van der Waals surface area contributed by atoms with Gasteiger partial charge in [0.2, 0.25) is 5.75 Å². The van der Waals surface area contributed by atoms with Gasteiger partial charge in [0.25, 0.3) is 0 Å². The summed E-state index contributed by atoms with van der Waals surface area (Å²) in [5.74, 6) is 2.60. The molecule has 1 heterocycles. The van der Waals surface area contributed by atoms with E-state index >= 15 is 0 Å². The molecular weight excluding hydrogens is 328 g/mol. The smallest absolute Gasteiger partial charge is 0.203 e. The quantitative estimate of drug-likeness (QED) is 0.814. The molecule has 0 N–H and O–H groups in total. The van der Waals surface area contributed by atoms with Crippen LogP contribution in [0.2, 0.25) is 0 Å². The van der Waals surface area contributed by atoms with Crippen LogP contribution in [0.4, 0.5) is 11.4 Å². The minimum atomic E-state index is 0.554. The van der Waals surface area contributed by atoms with Crippen molar-refractivity contribution in [3.05, 3.63) is 42.0 Å². The summed E-state index contributed by atoms with van der Waals surface area (Å²) in [6.45, 7) is 5.06. The maximum absolute atomic E-state index is 5.68. The minimum absolute atomic E-state index is 0.554. The molecule has 2 aromatic carbocycles. The van der Waals surface area contributed by atoms with E-state index in [4.69, 9.17) is 14.2 Å². The van der Waals surface area contributed by atoms with Gasteiger partial charge in [-0.1, -0.05) is 19.1 Å². The highest BCUT2D eigenvalue weighted by Gasteiger charge is 2.24. The molecule has 0 bridgehead atoms. The van der Waals surface area contributed by atoms with E-state index < -0.39 is 0 Å².